The summed E-state index contributed by atoms with van der Waals surface area (Å²) < 4.78 is 0. The Morgan fingerprint density at radius 3 is 2.67 bits per heavy atom. The Labute approximate surface area is 114 Å². The minimum Gasteiger partial charge on any atom is -0.356 e. The van der Waals surface area contributed by atoms with Crippen molar-refractivity contribution in [3.63, 3.8) is 0 Å². The SMILES string of the molecule is CN=C(NCCCSC)NCC1CC1.I. The number of aliphatic imine (C=N–C) groups is 1. The van der Waals surface area contributed by atoms with Crippen molar-refractivity contribution < 1.29 is 0 Å². The molecule has 0 aliphatic heterocycles. The van der Waals surface area contributed by atoms with E-state index in [1.165, 1.54) is 25.0 Å². The molecule has 0 aromatic carbocycles. The van der Waals surface area contributed by atoms with E-state index in [0.717, 1.165) is 25.0 Å². The standard InChI is InChI=1S/C10H21N3S.HI/c1-11-10(12-6-3-7-14-2)13-8-9-4-5-9;/h9H,3-8H2,1-2H3,(H2,11,12,13);1H. The van der Waals surface area contributed by atoms with E-state index >= 15 is 0 Å². The molecule has 0 unspecified atom stereocenters. The lowest BCUT2D eigenvalue weighted by atomic mass is 10.4. The highest BCUT2D eigenvalue weighted by Crippen LogP contribution is 2.27. The van der Waals surface area contributed by atoms with Gasteiger partial charge in [-0.15, -0.1) is 24.0 Å². The van der Waals surface area contributed by atoms with Gasteiger partial charge >= 0.3 is 0 Å². The zero-order valence-corrected chi connectivity index (χ0v) is 12.7. The summed E-state index contributed by atoms with van der Waals surface area (Å²) in [7, 11) is 1.83. The van der Waals surface area contributed by atoms with Crippen LogP contribution in [0, 0.1) is 5.92 Å². The molecule has 5 heteroatoms. The molecule has 0 aromatic rings. The molecule has 0 amide bonds. The van der Waals surface area contributed by atoms with Crippen molar-refractivity contribution >= 4 is 41.7 Å². The van der Waals surface area contributed by atoms with Crippen LogP contribution in [-0.4, -0.2) is 38.1 Å². The monoisotopic (exact) mass is 343 g/mol. The summed E-state index contributed by atoms with van der Waals surface area (Å²) in [5, 5.41) is 6.65. The van der Waals surface area contributed by atoms with Crippen LogP contribution in [0.15, 0.2) is 4.99 Å². The van der Waals surface area contributed by atoms with Gasteiger partial charge in [-0.2, -0.15) is 11.8 Å². The zero-order valence-electron chi connectivity index (χ0n) is 9.58. The topological polar surface area (TPSA) is 36.4 Å². The van der Waals surface area contributed by atoms with Gasteiger partial charge < -0.3 is 10.6 Å². The molecule has 2 N–H and O–H groups in total. The van der Waals surface area contributed by atoms with E-state index in [2.05, 4.69) is 21.9 Å². The molecule has 1 rings (SSSR count). The molecule has 0 atom stereocenters. The van der Waals surface area contributed by atoms with Gasteiger partial charge in [-0.3, -0.25) is 4.99 Å². The molecule has 0 aromatic heterocycles. The van der Waals surface area contributed by atoms with Crippen molar-refractivity contribution in [3.05, 3.63) is 0 Å². The average molecular weight is 343 g/mol. The average Bonchev–Trinajstić information content (AvgIpc) is 3.01. The van der Waals surface area contributed by atoms with Crippen LogP contribution in [0.2, 0.25) is 0 Å². The van der Waals surface area contributed by atoms with Gasteiger partial charge in [0.15, 0.2) is 5.96 Å². The molecule has 0 radical (unpaired) electrons. The van der Waals surface area contributed by atoms with Gasteiger partial charge in [0.25, 0.3) is 0 Å². The lowest BCUT2D eigenvalue weighted by Gasteiger charge is -2.10. The fourth-order valence-electron chi connectivity index (χ4n) is 1.21. The van der Waals surface area contributed by atoms with E-state index in [4.69, 9.17) is 0 Å². The van der Waals surface area contributed by atoms with Crippen molar-refractivity contribution in [1.29, 1.82) is 0 Å². The number of rotatable bonds is 6. The molecule has 3 nitrogen and oxygen atoms in total. The first-order valence-electron chi connectivity index (χ1n) is 5.30. The van der Waals surface area contributed by atoms with Crippen LogP contribution in [-0.2, 0) is 0 Å². The Balaban J connectivity index is 0.00000196. The quantitative estimate of drug-likeness (QED) is 0.335. The Kier molecular flexibility index (Phi) is 9.79. The van der Waals surface area contributed by atoms with Crippen molar-refractivity contribution in [2.45, 2.75) is 19.3 Å². The molecule has 15 heavy (non-hydrogen) atoms. The Bertz CT molecular complexity index is 184. The number of guanidine groups is 1. The molecule has 90 valence electrons. The third kappa shape index (κ3) is 8.19. The third-order valence-electron chi connectivity index (χ3n) is 2.30. The first-order chi connectivity index (χ1) is 6.86. The van der Waals surface area contributed by atoms with E-state index in [9.17, 15) is 0 Å². The minimum absolute atomic E-state index is 0. The summed E-state index contributed by atoms with van der Waals surface area (Å²) in [6, 6.07) is 0. The van der Waals surface area contributed by atoms with Gasteiger partial charge in [0.1, 0.15) is 0 Å². The minimum atomic E-state index is 0. The number of thioether (sulfide) groups is 1. The predicted octanol–water partition coefficient (Wildman–Crippen LogP) is 1.93. The second-order valence-electron chi connectivity index (χ2n) is 3.67. The van der Waals surface area contributed by atoms with Crippen LogP contribution in [0.25, 0.3) is 0 Å². The summed E-state index contributed by atoms with van der Waals surface area (Å²) in [5.74, 6) is 3.07. The molecule has 0 bridgehead atoms. The second-order valence-corrected chi connectivity index (χ2v) is 4.66. The van der Waals surface area contributed by atoms with Crippen LogP contribution < -0.4 is 10.6 Å². The van der Waals surface area contributed by atoms with E-state index < -0.39 is 0 Å². The van der Waals surface area contributed by atoms with Crippen LogP contribution in [0.1, 0.15) is 19.3 Å². The first kappa shape index (κ1) is 15.3. The molecule has 1 aliphatic carbocycles. The second kappa shape index (κ2) is 9.57. The molecule has 0 heterocycles. The Hall–Kier alpha value is 0.350. The number of hydrogen-bond acceptors (Lipinski definition) is 2. The summed E-state index contributed by atoms with van der Waals surface area (Å²) >= 11 is 1.89. The normalized spacial score (nSPS) is 15.7. The van der Waals surface area contributed by atoms with Gasteiger partial charge in [-0.25, -0.2) is 0 Å². The van der Waals surface area contributed by atoms with Crippen molar-refractivity contribution in [2.24, 2.45) is 10.9 Å². The highest BCUT2D eigenvalue weighted by Gasteiger charge is 2.20. The lowest BCUT2D eigenvalue weighted by molar-refractivity contribution is 0.731. The molecule has 1 saturated carbocycles. The van der Waals surface area contributed by atoms with E-state index in [-0.39, 0.29) is 24.0 Å². The Morgan fingerprint density at radius 1 is 1.40 bits per heavy atom. The van der Waals surface area contributed by atoms with E-state index in [0.29, 0.717) is 0 Å². The van der Waals surface area contributed by atoms with Crippen LogP contribution >= 0.6 is 35.7 Å². The zero-order chi connectivity index (χ0) is 10.2. The highest BCUT2D eigenvalue weighted by molar-refractivity contribution is 14.0. The van der Waals surface area contributed by atoms with E-state index in [1.807, 2.05) is 18.8 Å². The maximum Gasteiger partial charge on any atom is 0.190 e. The van der Waals surface area contributed by atoms with Gasteiger partial charge in [0, 0.05) is 20.1 Å². The van der Waals surface area contributed by atoms with Gasteiger partial charge in [-0.05, 0) is 37.2 Å². The van der Waals surface area contributed by atoms with Crippen LogP contribution in [0.3, 0.4) is 0 Å². The van der Waals surface area contributed by atoms with Gasteiger partial charge in [0.05, 0.1) is 0 Å². The number of nitrogens with zero attached hydrogens (tertiary/aromatic N) is 1. The summed E-state index contributed by atoms with van der Waals surface area (Å²) in [6.45, 7) is 2.10. The number of halogens is 1. The molecule has 1 fully saturated rings. The molecule has 0 spiro atoms. The van der Waals surface area contributed by atoms with Crippen LogP contribution in [0.5, 0.6) is 0 Å². The molecular formula is C10H22IN3S. The molecule has 1 aliphatic rings. The van der Waals surface area contributed by atoms with Crippen LogP contribution in [0.4, 0.5) is 0 Å². The maximum atomic E-state index is 4.17. The van der Waals surface area contributed by atoms with E-state index in [1.54, 1.807) is 0 Å². The number of nitrogens with one attached hydrogen (secondary N) is 2. The fraction of sp³-hybridized carbons (Fsp3) is 0.900. The molecule has 0 saturated heterocycles. The smallest absolute Gasteiger partial charge is 0.190 e. The largest absolute Gasteiger partial charge is 0.356 e. The lowest BCUT2D eigenvalue weighted by Crippen LogP contribution is -2.38. The maximum absolute atomic E-state index is 4.17. The van der Waals surface area contributed by atoms with Crippen molar-refractivity contribution in [3.8, 4) is 0 Å². The highest BCUT2D eigenvalue weighted by atomic mass is 127. The van der Waals surface area contributed by atoms with Gasteiger partial charge in [-0.1, -0.05) is 0 Å². The summed E-state index contributed by atoms with van der Waals surface area (Å²) in [5.41, 5.74) is 0. The van der Waals surface area contributed by atoms with Gasteiger partial charge in [0.2, 0.25) is 0 Å². The Morgan fingerprint density at radius 2 is 2.13 bits per heavy atom. The van der Waals surface area contributed by atoms with Crippen molar-refractivity contribution in [1.82, 2.24) is 10.6 Å². The number of hydrogen-bond donors (Lipinski definition) is 2. The molecular weight excluding hydrogens is 321 g/mol. The van der Waals surface area contributed by atoms with Crippen molar-refractivity contribution in [2.75, 3.05) is 32.1 Å². The first-order valence-corrected chi connectivity index (χ1v) is 6.69. The predicted molar refractivity (Wildman–Crippen MR) is 80.5 cm³/mol. The third-order valence-corrected chi connectivity index (χ3v) is 2.99. The fourth-order valence-corrected chi connectivity index (χ4v) is 1.64. The summed E-state index contributed by atoms with van der Waals surface area (Å²) in [6.07, 6.45) is 6.11. The summed E-state index contributed by atoms with van der Waals surface area (Å²) in [4.78, 5) is 4.17.